The van der Waals surface area contributed by atoms with Crippen LogP contribution in [-0.2, 0) is 13.2 Å². The average molecular weight is 343 g/mol. The SMILES string of the molecule is c1ccc(-c2cc3n(n2)Cc2ccc(Nc4cn[nH]c4)cc2OC3)cc1. The summed E-state index contributed by atoms with van der Waals surface area (Å²) in [6.07, 6.45) is 3.56. The van der Waals surface area contributed by atoms with Gasteiger partial charge in [0, 0.05) is 29.1 Å². The van der Waals surface area contributed by atoms with Crippen molar-refractivity contribution < 1.29 is 4.74 Å². The maximum absolute atomic E-state index is 6.06. The third kappa shape index (κ3) is 2.71. The predicted molar refractivity (Wildman–Crippen MR) is 99.4 cm³/mol. The van der Waals surface area contributed by atoms with Gasteiger partial charge in [0.05, 0.1) is 29.8 Å². The Bertz CT molecular complexity index is 1040. The van der Waals surface area contributed by atoms with Gasteiger partial charge in [0.15, 0.2) is 0 Å². The Hall–Kier alpha value is -3.54. The quantitative estimate of drug-likeness (QED) is 0.591. The molecule has 1 aliphatic rings. The molecule has 0 saturated heterocycles. The second-order valence-electron chi connectivity index (χ2n) is 6.27. The van der Waals surface area contributed by atoms with Crippen LogP contribution in [0.2, 0.25) is 0 Å². The number of hydrogen-bond acceptors (Lipinski definition) is 4. The first-order chi connectivity index (χ1) is 12.8. The molecule has 0 bridgehead atoms. The molecule has 0 atom stereocenters. The van der Waals surface area contributed by atoms with Crippen molar-refractivity contribution in [1.29, 1.82) is 0 Å². The van der Waals surface area contributed by atoms with Crippen molar-refractivity contribution in [1.82, 2.24) is 20.0 Å². The summed E-state index contributed by atoms with van der Waals surface area (Å²) in [6.45, 7) is 1.20. The van der Waals surface area contributed by atoms with Crippen molar-refractivity contribution in [3.8, 4) is 17.0 Å². The summed E-state index contributed by atoms with van der Waals surface area (Å²) in [7, 11) is 0. The molecule has 2 aromatic heterocycles. The van der Waals surface area contributed by atoms with Gasteiger partial charge in [-0.3, -0.25) is 9.78 Å². The Balaban J connectivity index is 1.43. The van der Waals surface area contributed by atoms with E-state index in [1.165, 1.54) is 0 Å². The highest BCUT2D eigenvalue weighted by Gasteiger charge is 2.17. The molecule has 0 spiro atoms. The molecule has 26 heavy (non-hydrogen) atoms. The summed E-state index contributed by atoms with van der Waals surface area (Å²) in [6, 6.07) is 18.5. The number of ether oxygens (including phenoxy) is 1. The predicted octanol–water partition coefficient (Wildman–Crippen LogP) is 3.96. The first-order valence-electron chi connectivity index (χ1n) is 8.49. The van der Waals surface area contributed by atoms with Crippen molar-refractivity contribution in [3.05, 3.63) is 78.2 Å². The van der Waals surface area contributed by atoms with E-state index in [4.69, 9.17) is 9.84 Å². The minimum Gasteiger partial charge on any atom is -0.487 e. The first-order valence-corrected chi connectivity index (χ1v) is 8.49. The van der Waals surface area contributed by atoms with Crippen LogP contribution < -0.4 is 10.1 Å². The van der Waals surface area contributed by atoms with E-state index in [9.17, 15) is 0 Å². The van der Waals surface area contributed by atoms with Gasteiger partial charge in [-0.05, 0) is 12.1 Å². The highest BCUT2D eigenvalue weighted by atomic mass is 16.5. The normalized spacial score (nSPS) is 12.6. The molecule has 6 nitrogen and oxygen atoms in total. The molecule has 2 N–H and O–H groups in total. The van der Waals surface area contributed by atoms with Gasteiger partial charge in [-0.2, -0.15) is 10.2 Å². The summed E-state index contributed by atoms with van der Waals surface area (Å²) in [5.41, 5.74) is 6.17. The van der Waals surface area contributed by atoms with E-state index in [1.54, 1.807) is 6.20 Å². The zero-order valence-corrected chi connectivity index (χ0v) is 14.0. The molecule has 128 valence electrons. The van der Waals surface area contributed by atoms with Crippen LogP contribution in [0.5, 0.6) is 5.75 Å². The fraction of sp³-hybridized carbons (Fsp3) is 0.100. The van der Waals surface area contributed by atoms with Gasteiger partial charge in [0.25, 0.3) is 0 Å². The fourth-order valence-electron chi connectivity index (χ4n) is 3.15. The van der Waals surface area contributed by atoms with Crippen LogP contribution in [0, 0.1) is 0 Å². The average Bonchev–Trinajstić information content (AvgIpc) is 3.29. The second-order valence-corrected chi connectivity index (χ2v) is 6.27. The Labute approximate surface area is 150 Å². The maximum Gasteiger partial charge on any atom is 0.130 e. The highest BCUT2D eigenvalue weighted by molar-refractivity contribution is 5.62. The summed E-state index contributed by atoms with van der Waals surface area (Å²) in [5, 5.41) is 14.8. The molecule has 0 fully saturated rings. The van der Waals surface area contributed by atoms with E-state index in [2.05, 4.69) is 39.8 Å². The topological polar surface area (TPSA) is 67.8 Å². The standard InChI is InChI=1S/C20H17N5O/c1-2-4-14(5-3-1)19-9-18-13-26-20-8-16(23-17-10-21-22-11-17)7-6-15(20)12-25(18)24-19/h1-11,23H,12-13H2,(H,21,22). The van der Waals surface area contributed by atoms with Crippen LogP contribution in [-0.4, -0.2) is 20.0 Å². The van der Waals surface area contributed by atoms with Crippen molar-refractivity contribution in [3.63, 3.8) is 0 Å². The maximum atomic E-state index is 6.06. The minimum absolute atomic E-state index is 0.502. The Morgan fingerprint density at radius 2 is 1.96 bits per heavy atom. The first kappa shape index (κ1) is 14.8. The molecule has 5 rings (SSSR count). The van der Waals surface area contributed by atoms with Crippen LogP contribution in [0.1, 0.15) is 11.3 Å². The van der Waals surface area contributed by atoms with E-state index in [1.807, 2.05) is 41.2 Å². The minimum atomic E-state index is 0.502. The van der Waals surface area contributed by atoms with E-state index in [0.29, 0.717) is 13.2 Å². The molecular weight excluding hydrogens is 326 g/mol. The Kier molecular flexibility index (Phi) is 3.45. The van der Waals surface area contributed by atoms with Crippen molar-refractivity contribution in [2.75, 3.05) is 5.32 Å². The van der Waals surface area contributed by atoms with E-state index in [-0.39, 0.29) is 0 Å². The number of hydrogen-bond donors (Lipinski definition) is 2. The molecule has 1 aliphatic heterocycles. The van der Waals surface area contributed by atoms with Crippen LogP contribution >= 0.6 is 0 Å². The van der Waals surface area contributed by atoms with E-state index >= 15 is 0 Å². The molecule has 6 heteroatoms. The van der Waals surface area contributed by atoms with Crippen molar-refractivity contribution >= 4 is 11.4 Å². The van der Waals surface area contributed by atoms with Crippen LogP contribution in [0.4, 0.5) is 11.4 Å². The molecule has 2 aromatic carbocycles. The third-order valence-electron chi connectivity index (χ3n) is 4.48. The number of rotatable bonds is 3. The number of nitrogens with one attached hydrogen (secondary N) is 2. The summed E-state index contributed by atoms with van der Waals surface area (Å²) < 4.78 is 8.08. The lowest BCUT2D eigenvalue weighted by Gasteiger charge is -2.10. The van der Waals surface area contributed by atoms with Crippen LogP contribution in [0.25, 0.3) is 11.3 Å². The van der Waals surface area contributed by atoms with Crippen molar-refractivity contribution in [2.45, 2.75) is 13.2 Å². The van der Waals surface area contributed by atoms with Gasteiger partial charge in [0.1, 0.15) is 12.4 Å². The van der Waals surface area contributed by atoms with Gasteiger partial charge in [-0.1, -0.05) is 36.4 Å². The van der Waals surface area contributed by atoms with Crippen LogP contribution in [0.15, 0.2) is 67.0 Å². The lowest BCUT2D eigenvalue weighted by molar-refractivity contribution is 0.302. The lowest BCUT2D eigenvalue weighted by Crippen LogP contribution is -2.03. The largest absolute Gasteiger partial charge is 0.487 e. The zero-order chi connectivity index (χ0) is 17.3. The van der Waals surface area contributed by atoms with Gasteiger partial charge >= 0.3 is 0 Å². The zero-order valence-electron chi connectivity index (χ0n) is 14.0. The fourth-order valence-corrected chi connectivity index (χ4v) is 3.15. The summed E-state index contributed by atoms with van der Waals surface area (Å²) in [4.78, 5) is 0. The molecule has 4 aromatic rings. The molecular formula is C20H17N5O. The van der Waals surface area contributed by atoms with E-state index < -0.39 is 0 Å². The molecule has 0 aliphatic carbocycles. The molecule has 3 heterocycles. The second kappa shape index (κ2) is 6.07. The Morgan fingerprint density at radius 1 is 1.04 bits per heavy atom. The van der Waals surface area contributed by atoms with Gasteiger partial charge in [-0.25, -0.2) is 0 Å². The van der Waals surface area contributed by atoms with Gasteiger partial charge in [0.2, 0.25) is 0 Å². The number of nitrogens with zero attached hydrogens (tertiary/aromatic N) is 3. The number of aromatic amines is 1. The highest BCUT2D eigenvalue weighted by Crippen LogP contribution is 2.30. The van der Waals surface area contributed by atoms with Gasteiger partial charge < -0.3 is 10.1 Å². The third-order valence-corrected chi connectivity index (χ3v) is 4.48. The number of aromatic nitrogens is 4. The number of H-pyrrole nitrogens is 1. The number of fused-ring (bicyclic) bond motifs is 2. The molecule has 0 unspecified atom stereocenters. The van der Waals surface area contributed by atoms with Gasteiger partial charge in [-0.15, -0.1) is 0 Å². The summed E-state index contributed by atoms with van der Waals surface area (Å²) in [5.74, 6) is 0.880. The molecule has 0 amide bonds. The van der Waals surface area contributed by atoms with E-state index in [0.717, 1.165) is 39.6 Å². The molecule has 0 radical (unpaired) electrons. The smallest absolute Gasteiger partial charge is 0.130 e. The number of anilines is 2. The number of benzene rings is 2. The lowest BCUT2D eigenvalue weighted by atomic mass is 10.1. The molecule has 0 saturated carbocycles. The van der Waals surface area contributed by atoms with Crippen LogP contribution in [0.3, 0.4) is 0 Å². The monoisotopic (exact) mass is 343 g/mol. The van der Waals surface area contributed by atoms with Crippen molar-refractivity contribution in [2.24, 2.45) is 0 Å². The Morgan fingerprint density at radius 3 is 2.81 bits per heavy atom. The summed E-state index contributed by atoms with van der Waals surface area (Å²) >= 11 is 0.